The maximum atomic E-state index is 4.60. The molecular formula is C12H12ClN. The monoisotopic (exact) mass is 205 g/mol. The molecule has 1 nitrogen and oxygen atoms in total. The zero-order valence-corrected chi connectivity index (χ0v) is 8.68. The van der Waals surface area contributed by atoms with Crippen LogP contribution in [0.25, 0.3) is 5.57 Å². The van der Waals surface area contributed by atoms with Crippen LogP contribution in [0.3, 0.4) is 0 Å². The van der Waals surface area contributed by atoms with Crippen molar-refractivity contribution in [3.05, 3.63) is 46.6 Å². The van der Waals surface area contributed by atoms with Crippen molar-refractivity contribution in [1.29, 1.82) is 0 Å². The van der Waals surface area contributed by atoms with Crippen molar-refractivity contribution < 1.29 is 0 Å². The van der Waals surface area contributed by atoms with E-state index in [1.807, 2.05) is 0 Å². The second-order valence-corrected chi connectivity index (χ2v) is 3.59. The van der Waals surface area contributed by atoms with Crippen LogP contribution in [0.2, 0.25) is 0 Å². The molecule has 1 heterocycles. The summed E-state index contributed by atoms with van der Waals surface area (Å²) in [6.07, 6.45) is 5.93. The molecule has 72 valence electrons. The quantitative estimate of drug-likeness (QED) is 0.614. The van der Waals surface area contributed by atoms with E-state index in [1.54, 1.807) is 0 Å². The van der Waals surface area contributed by atoms with Crippen LogP contribution < -0.4 is 10.6 Å². The van der Waals surface area contributed by atoms with Gasteiger partial charge < -0.3 is 0 Å². The summed E-state index contributed by atoms with van der Waals surface area (Å²) in [5, 5.41) is 2.51. The van der Waals surface area contributed by atoms with Gasteiger partial charge in [0.15, 0.2) is 0 Å². The molecule has 2 aliphatic rings. The smallest absolute Gasteiger partial charge is 0.0712 e. The van der Waals surface area contributed by atoms with E-state index >= 15 is 0 Å². The fourth-order valence-corrected chi connectivity index (χ4v) is 2.11. The normalized spacial score (nSPS) is 17.4. The lowest BCUT2D eigenvalue weighted by molar-refractivity contribution is 0.845. The Kier molecular flexibility index (Phi) is 2.42. The Bertz CT molecular complexity index is 499. The standard InChI is InChI=1S/C12H11N.ClH/c1-3-7-11-9(5-1)10-6-2-4-8-12(10)13-11;/h1,3,5,7-8H,2,4,6H2;1H. The first-order chi connectivity index (χ1) is 6.45. The van der Waals surface area contributed by atoms with Crippen LogP contribution in [0, 0.1) is 0 Å². The summed E-state index contributed by atoms with van der Waals surface area (Å²) in [6, 6.07) is 8.43. The first-order valence-corrected chi connectivity index (χ1v) is 4.83. The third-order valence-corrected chi connectivity index (χ3v) is 2.75. The number of rotatable bonds is 0. The predicted octanol–water partition coefficient (Wildman–Crippen LogP) is 1.96. The topological polar surface area (TPSA) is 12.4 Å². The largest absolute Gasteiger partial charge is 0.248 e. The zero-order valence-electron chi connectivity index (χ0n) is 7.86. The summed E-state index contributed by atoms with van der Waals surface area (Å²) >= 11 is 0. The average molecular weight is 206 g/mol. The number of para-hydroxylation sites is 1. The maximum Gasteiger partial charge on any atom is 0.0712 e. The molecule has 0 saturated heterocycles. The highest BCUT2D eigenvalue weighted by Gasteiger charge is 2.14. The van der Waals surface area contributed by atoms with E-state index < -0.39 is 0 Å². The molecule has 1 aromatic rings. The number of benzene rings is 1. The Hall–Kier alpha value is -1.08. The van der Waals surface area contributed by atoms with E-state index in [0.717, 1.165) is 5.36 Å². The first-order valence-electron chi connectivity index (χ1n) is 4.83. The molecule has 0 amide bonds. The maximum absolute atomic E-state index is 4.60. The number of hydrogen-bond donors (Lipinski definition) is 0. The van der Waals surface area contributed by atoms with E-state index in [4.69, 9.17) is 0 Å². The molecular weight excluding hydrogens is 194 g/mol. The van der Waals surface area contributed by atoms with E-state index in [0.29, 0.717) is 0 Å². The highest BCUT2D eigenvalue weighted by molar-refractivity contribution is 5.85. The highest BCUT2D eigenvalue weighted by atomic mass is 35.5. The second-order valence-electron chi connectivity index (χ2n) is 3.59. The summed E-state index contributed by atoms with van der Waals surface area (Å²) < 4.78 is 0. The molecule has 0 bridgehead atoms. The lowest BCUT2D eigenvalue weighted by Gasteiger charge is -2.08. The van der Waals surface area contributed by atoms with Crippen molar-refractivity contribution >= 4 is 18.0 Å². The van der Waals surface area contributed by atoms with Gasteiger partial charge in [-0.1, -0.05) is 24.3 Å². The number of allylic oxidation sites excluding steroid dienone is 2. The van der Waals surface area contributed by atoms with Crippen molar-refractivity contribution in [1.82, 2.24) is 0 Å². The van der Waals surface area contributed by atoms with Gasteiger partial charge in [0.05, 0.1) is 11.1 Å². The van der Waals surface area contributed by atoms with E-state index in [9.17, 15) is 0 Å². The lowest BCUT2D eigenvalue weighted by Crippen LogP contribution is -2.22. The second kappa shape index (κ2) is 3.58. The molecule has 0 unspecified atom stereocenters. The molecule has 0 N–H and O–H groups in total. The Morgan fingerprint density at radius 2 is 2.00 bits per heavy atom. The van der Waals surface area contributed by atoms with Gasteiger partial charge >= 0.3 is 0 Å². The van der Waals surface area contributed by atoms with Crippen molar-refractivity contribution in [2.75, 3.05) is 0 Å². The van der Waals surface area contributed by atoms with Gasteiger partial charge in [-0.05, 0) is 30.9 Å². The number of hydrogen-bond acceptors (Lipinski definition) is 1. The summed E-state index contributed by atoms with van der Waals surface area (Å²) in [7, 11) is 0. The molecule has 0 aromatic heterocycles. The molecule has 1 aromatic carbocycles. The molecule has 0 radical (unpaired) electrons. The fourth-order valence-electron chi connectivity index (χ4n) is 2.11. The van der Waals surface area contributed by atoms with Crippen LogP contribution in [0.1, 0.15) is 19.3 Å². The lowest BCUT2D eigenvalue weighted by atomic mass is 9.98. The Labute approximate surface area is 89.3 Å². The minimum Gasteiger partial charge on any atom is -0.248 e. The van der Waals surface area contributed by atoms with Crippen LogP contribution in [0.15, 0.2) is 41.0 Å². The Morgan fingerprint density at radius 1 is 1.14 bits per heavy atom. The molecule has 0 saturated carbocycles. The Morgan fingerprint density at radius 3 is 2.93 bits per heavy atom. The molecule has 3 rings (SSSR count). The molecule has 1 aliphatic carbocycles. The fraction of sp³-hybridized carbons (Fsp3) is 0.250. The van der Waals surface area contributed by atoms with Gasteiger partial charge in [0.2, 0.25) is 0 Å². The van der Waals surface area contributed by atoms with Gasteiger partial charge in [0, 0.05) is 5.22 Å². The van der Waals surface area contributed by atoms with E-state index in [-0.39, 0.29) is 12.4 Å². The van der Waals surface area contributed by atoms with Gasteiger partial charge in [0.25, 0.3) is 0 Å². The van der Waals surface area contributed by atoms with Crippen LogP contribution >= 0.6 is 12.4 Å². The Balaban J connectivity index is 0.000000750. The minimum atomic E-state index is 0. The third kappa shape index (κ3) is 1.28. The molecule has 14 heavy (non-hydrogen) atoms. The molecule has 0 spiro atoms. The van der Waals surface area contributed by atoms with Crippen LogP contribution in [0.4, 0.5) is 0 Å². The highest BCUT2D eigenvalue weighted by Crippen LogP contribution is 2.25. The van der Waals surface area contributed by atoms with Crippen molar-refractivity contribution in [2.24, 2.45) is 4.99 Å². The minimum absolute atomic E-state index is 0. The average Bonchev–Trinajstić information content (AvgIpc) is 2.56. The van der Waals surface area contributed by atoms with Crippen molar-refractivity contribution in [3.63, 3.8) is 0 Å². The van der Waals surface area contributed by atoms with Crippen LogP contribution in [-0.4, -0.2) is 0 Å². The van der Waals surface area contributed by atoms with E-state index in [1.165, 1.54) is 35.8 Å². The number of halogens is 1. The molecule has 2 heteroatoms. The molecule has 0 atom stereocenters. The van der Waals surface area contributed by atoms with Gasteiger partial charge in [0.1, 0.15) is 0 Å². The van der Waals surface area contributed by atoms with Crippen LogP contribution in [-0.2, 0) is 0 Å². The summed E-state index contributed by atoms with van der Waals surface area (Å²) in [6.45, 7) is 0. The summed E-state index contributed by atoms with van der Waals surface area (Å²) in [5.41, 5.74) is 2.69. The van der Waals surface area contributed by atoms with Crippen molar-refractivity contribution in [2.45, 2.75) is 19.3 Å². The molecule has 1 aliphatic heterocycles. The van der Waals surface area contributed by atoms with Gasteiger partial charge in [-0.15, -0.1) is 12.4 Å². The van der Waals surface area contributed by atoms with E-state index in [2.05, 4.69) is 35.3 Å². The first kappa shape index (κ1) is 9.47. The van der Waals surface area contributed by atoms with Gasteiger partial charge in [-0.25, -0.2) is 4.99 Å². The summed E-state index contributed by atoms with van der Waals surface area (Å²) in [4.78, 5) is 4.60. The zero-order chi connectivity index (χ0) is 8.67. The molecule has 0 fully saturated rings. The van der Waals surface area contributed by atoms with Gasteiger partial charge in [-0.3, -0.25) is 0 Å². The number of fused-ring (bicyclic) bond motifs is 2. The summed E-state index contributed by atoms with van der Waals surface area (Å²) in [5.74, 6) is 0. The third-order valence-electron chi connectivity index (χ3n) is 2.75. The van der Waals surface area contributed by atoms with Crippen LogP contribution in [0.5, 0.6) is 0 Å². The SMILES string of the molecule is C1=C2N=c3ccccc3=C2CCC1.Cl. The van der Waals surface area contributed by atoms with Crippen molar-refractivity contribution in [3.8, 4) is 0 Å². The predicted molar refractivity (Wildman–Crippen MR) is 59.8 cm³/mol. The van der Waals surface area contributed by atoms with Gasteiger partial charge in [-0.2, -0.15) is 0 Å². The number of nitrogens with zero attached hydrogens (tertiary/aromatic N) is 1.